The number of nitrogens with zero attached hydrogens (tertiary/aromatic N) is 1. The standard InChI is InChI=1S/C28H30F6N2O5/c1-26(2,3)41-25(40)36(22-8-6-17-12-16(4-7-21(17)22)5-9-24(38)39)11-10-23(37)35-20-14-18(27(29,30)31)13-19(15-20)28(32,33)34/h4-5,7,9,12-14,19,22H,6,8,10-11,15H2,1-3H3,(H,35,37)(H,38,39)/b9-5+. The highest BCUT2D eigenvalue weighted by molar-refractivity contribution is 5.85. The van der Waals surface area contributed by atoms with Crippen LogP contribution in [0.25, 0.3) is 6.08 Å². The number of halogens is 6. The predicted molar refractivity (Wildman–Crippen MR) is 136 cm³/mol. The maximum Gasteiger partial charge on any atom is 0.416 e. The molecule has 2 N–H and O–H groups in total. The highest BCUT2D eigenvalue weighted by atomic mass is 19.4. The fraction of sp³-hybridized carbons (Fsp3) is 0.464. The van der Waals surface area contributed by atoms with E-state index in [9.17, 15) is 40.7 Å². The Hall–Kier alpha value is -3.77. The van der Waals surface area contributed by atoms with Crippen molar-refractivity contribution in [1.29, 1.82) is 0 Å². The third-order valence-corrected chi connectivity index (χ3v) is 6.41. The first kappa shape index (κ1) is 31.8. The zero-order valence-electron chi connectivity index (χ0n) is 22.5. The van der Waals surface area contributed by atoms with E-state index >= 15 is 0 Å². The molecule has 41 heavy (non-hydrogen) atoms. The SMILES string of the molecule is CC(C)(C)OC(=O)N(CCC(=O)NC1=CC(C(F)(F)F)=CC(C(F)(F)F)C1)C1CCc2cc(/C=C/C(=O)O)ccc21. The van der Waals surface area contributed by atoms with Crippen molar-refractivity contribution in [2.75, 3.05) is 6.54 Å². The Labute approximate surface area is 232 Å². The summed E-state index contributed by atoms with van der Waals surface area (Å²) in [4.78, 5) is 38.0. The van der Waals surface area contributed by atoms with E-state index in [2.05, 4.69) is 5.32 Å². The Balaban J connectivity index is 1.78. The maximum absolute atomic E-state index is 13.2. The van der Waals surface area contributed by atoms with Crippen molar-refractivity contribution in [2.24, 2.45) is 5.92 Å². The summed E-state index contributed by atoms with van der Waals surface area (Å²) in [5.41, 5.74) is -0.657. The van der Waals surface area contributed by atoms with Gasteiger partial charge in [-0.25, -0.2) is 9.59 Å². The number of carboxylic acids is 1. The summed E-state index contributed by atoms with van der Waals surface area (Å²) in [7, 11) is 0. The van der Waals surface area contributed by atoms with Crippen LogP contribution in [0.4, 0.5) is 31.1 Å². The van der Waals surface area contributed by atoms with Gasteiger partial charge in [-0.15, -0.1) is 0 Å². The Bertz CT molecular complexity index is 1270. The van der Waals surface area contributed by atoms with Crippen molar-refractivity contribution in [3.8, 4) is 0 Å². The zero-order chi connectivity index (χ0) is 30.8. The smallest absolute Gasteiger partial charge is 0.416 e. The van der Waals surface area contributed by atoms with E-state index < -0.39 is 72.0 Å². The first-order valence-electron chi connectivity index (χ1n) is 12.7. The number of aryl methyl sites for hydroxylation is 1. The maximum atomic E-state index is 13.2. The fourth-order valence-corrected chi connectivity index (χ4v) is 4.65. The van der Waals surface area contributed by atoms with Crippen LogP contribution in [0.1, 0.15) is 62.8 Å². The summed E-state index contributed by atoms with van der Waals surface area (Å²) in [6, 6.07) is 4.68. The second kappa shape index (κ2) is 12.0. The lowest BCUT2D eigenvalue weighted by Gasteiger charge is -2.32. The Kier molecular flexibility index (Phi) is 9.29. The number of aliphatic carboxylic acids is 1. The number of fused-ring (bicyclic) bond motifs is 1. The summed E-state index contributed by atoms with van der Waals surface area (Å²) in [6.07, 6.45) is -7.99. The summed E-state index contributed by atoms with van der Waals surface area (Å²) < 4.78 is 84.9. The van der Waals surface area contributed by atoms with E-state index in [-0.39, 0.29) is 12.6 Å². The fourth-order valence-electron chi connectivity index (χ4n) is 4.65. The van der Waals surface area contributed by atoms with E-state index in [1.54, 1.807) is 39.0 Å². The topological polar surface area (TPSA) is 95.9 Å². The monoisotopic (exact) mass is 588 g/mol. The molecule has 2 atom stereocenters. The van der Waals surface area contributed by atoms with Crippen LogP contribution in [0.15, 0.2) is 47.7 Å². The van der Waals surface area contributed by atoms with Crippen LogP contribution in [0.2, 0.25) is 0 Å². The van der Waals surface area contributed by atoms with Crippen LogP contribution in [-0.2, 0) is 20.7 Å². The molecule has 0 aliphatic heterocycles. The van der Waals surface area contributed by atoms with Gasteiger partial charge in [0.1, 0.15) is 5.60 Å². The van der Waals surface area contributed by atoms with Crippen molar-refractivity contribution < 1.29 is 50.6 Å². The van der Waals surface area contributed by atoms with Crippen LogP contribution in [0, 0.1) is 5.92 Å². The van der Waals surface area contributed by atoms with Crippen molar-refractivity contribution >= 4 is 24.0 Å². The minimum absolute atomic E-state index is 0.0975. The number of rotatable bonds is 7. The molecule has 0 aromatic heterocycles. The lowest BCUT2D eigenvalue weighted by atomic mass is 9.92. The van der Waals surface area contributed by atoms with Gasteiger partial charge in [-0.1, -0.05) is 24.3 Å². The van der Waals surface area contributed by atoms with Gasteiger partial charge in [0.2, 0.25) is 5.91 Å². The molecule has 1 aromatic carbocycles. The number of hydrogen-bond donors (Lipinski definition) is 2. The molecule has 2 aliphatic carbocycles. The molecule has 0 spiro atoms. The molecule has 2 aliphatic rings. The van der Waals surface area contributed by atoms with E-state index in [0.717, 1.165) is 17.2 Å². The van der Waals surface area contributed by atoms with Gasteiger partial charge in [-0.2, -0.15) is 26.3 Å². The predicted octanol–water partition coefficient (Wildman–Crippen LogP) is 6.47. The van der Waals surface area contributed by atoms with Gasteiger partial charge >= 0.3 is 24.4 Å². The molecule has 0 saturated heterocycles. The third-order valence-electron chi connectivity index (χ3n) is 6.41. The van der Waals surface area contributed by atoms with Gasteiger partial charge in [0.05, 0.1) is 17.5 Å². The number of amides is 2. The van der Waals surface area contributed by atoms with Gasteiger partial charge in [-0.05, 0) is 62.5 Å². The number of carbonyl (C=O) groups is 3. The molecular weight excluding hydrogens is 558 g/mol. The molecule has 13 heteroatoms. The molecule has 224 valence electrons. The summed E-state index contributed by atoms with van der Waals surface area (Å²) in [6.45, 7) is 4.73. The molecule has 0 bridgehead atoms. The van der Waals surface area contributed by atoms with Crippen molar-refractivity contribution in [3.63, 3.8) is 0 Å². The molecule has 3 rings (SSSR count). The molecule has 0 fully saturated rings. The van der Waals surface area contributed by atoms with Crippen LogP contribution in [-0.4, -0.2) is 52.5 Å². The molecule has 0 saturated carbocycles. The number of alkyl halides is 6. The number of nitrogens with one attached hydrogen (secondary N) is 1. The molecule has 0 radical (unpaired) electrons. The molecular formula is C28H30F6N2O5. The first-order chi connectivity index (χ1) is 18.8. The van der Waals surface area contributed by atoms with Crippen LogP contribution >= 0.6 is 0 Å². The van der Waals surface area contributed by atoms with E-state index in [4.69, 9.17) is 9.84 Å². The quantitative estimate of drug-likeness (QED) is 0.281. The lowest BCUT2D eigenvalue weighted by molar-refractivity contribution is -0.163. The van der Waals surface area contributed by atoms with Crippen LogP contribution in [0.3, 0.4) is 0 Å². The van der Waals surface area contributed by atoms with Gasteiger partial charge in [0, 0.05) is 31.2 Å². The second-order valence-electron chi connectivity index (χ2n) is 10.8. The molecule has 2 amide bonds. The Morgan fingerprint density at radius 3 is 2.39 bits per heavy atom. The minimum atomic E-state index is -5.04. The van der Waals surface area contributed by atoms with E-state index in [1.165, 1.54) is 11.0 Å². The average Bonchev–Trinajstić information content (AvgIpc) is 3.23. The number of benzene rings is 1. The third kappa shape index (κ3) is 8.86. The van der Waals surface area contributed by atoms with Gasteiger partial charge in [0.15, 0.2) is 0 Å². The van der Waals surface area contributed by atoms with E-state index in [0.29, 0.717) is 24.5 Å². The van der Waals surface area contributed by atoms with Crippen molar-refractivity contribution in [3.05, 3.63) is 64.4 Å². The molecule has 7 nitrogen and oxygen atoms in total. The zero-order valence-corrected chi connectivity index (χ0v) is 22.5. The van der Waals surface area contributed by atoms with Gasteiger partial charge in [-0.3, -0.25) is 4.79 Å². The number of ether oxygens (including phenoxy) is 1. The number of hydrogen-bond acceptors (Lipinski definition) is 4. The summed E-state index contributed by atoms with van der Waals surface area (Å²) in [5, 5.41) is 11.0. The summed E-state index contributed by atoms with van der Waals surface area (Å²) >= 11 is 0. The van der Waals surface area contributed by atoms with Gasteiger partial charge in [0.25, 0.3) is 0 Å². The second-order valence-corrected chi connectivity index (χ2v) is 10.8. The Morgan fingerprint density at radius 2 is 1.80 bits per heavy atom. The highest BCUT2D eigenvalue weighted by Crippen LogP contribution is 2.40. The van der Waals surface area contributed by atoms with E-state index in [1.807, 2.05) is 0 Å². The van der Waals surface area contributed by atoms with Crippen molar-refractivity contribution in [1.82, 2.24) is 10.2 Å². The minimum Gasteiger partial charge on any atom is -0.478 e. The normalized spacial score (nSPS) is 19.3. The van der Waals surface area contributed by atoms with Gasteiger partial charge < -0.3 is 20.1 Å². The summed E-state index contributed by atoms with van der Waals surface area (Å²) in [5.74, 6) is -4.38. The van der Waals surface area contributed by atoms with Crippen LogP contribution < -0.4 is 5.32 Å². The first-order valence-corrected chi connectivity index (χ1v) is 12.7. The lowest BCUT2D eigenvalue weighted by Crippen LogP contribution is -2.41. The number of carboxylic acid groups (broad SMARTS) is 1. The van der Waals surface area contributed by atoms with Crippen molar-refractivity contribution in [2.45, 2.75) is 70.4 Å². The molecule has 1 aromatic rings. The Morgan fingerprint density at radius 1 is 1.12 bits per heavy atom. The van der Waals surface area contributed by atoms with Crippen LogP contribution in [0.5, 0.6) is 0 Å². The largest absolute Gasteiger partial charge is 0.478 e. The highest BCUT2D eigenvalue weighted by Gasteiger charge is 2.44. The average molecular weight is 589 g/mol. The molecule has 2 unspecified atom stereocenters. The number of allylic oxidation sites excluding steroid dienone is 4. The number of carbonyl (C=O) groups excluding carboxylic acids is 2. The molecule has 0 heterocycles.